The van der Waals surface area contributed by atoms with Crippen molar-refractivity contribution in [1.82, 2.24) is 35.9 Å². The zero-order chi connectivity index (χ0) is 69.7. The van der Waals surface area contributed by atoms with Gasteiger partial charge in [0.1, 0.15) is 5.75 Å². The molecule has 0 aliphatic carbocycles. The number of hydroxylamine groups is 10. The molecule has 2 N–H and O–H groups in total. The highest BCUT2D eigenvalue weighted by atomic mass is 19.2. The third-order valence-corrected chi connectivity index (χ3v) is 12.2. The van der Waals surface area contributed by atoms with Gasteiger partial charge in [-0.2, -0.15) is 18.9 Å². The number of nitrogens with zero attached hydrogens (tertiary/aromatic N) is 6. The summed E-state index contributed by atoms with van der Waals surface area (Å²) in [5, 5.41) is 18.8. The highest BCUT2D eigenvalue weighted by molar-refractivity contribution is 6.20. The number of methoxy groups -OCH3 is 3. The predicted octanol–water partition coefficient (Wildman–Crippen LogP) is 4.52. The number of amides is 10. The molecule has 5 aliphatic heterocycles. The van der Waals surface area contributed by atoms with Gasteiger partial charge in [-0.15, -0.1) is 15.2 Å². The number of halogens is 4. The van der Waals surface area contributed by atoms with Crippen molar-refractivity contribution in [3.05, 3.63) is 128 Å². The van der Waals surface area contributed by atoms with E-state index in [4.69, 9.17) is 9.47 Å². The fourth-order valence-electron chi connectivity index (χ4n) is 7.46. The SMILES string of the molecule is CNCC(=O)ON1C(=O)CC(C)C1=O.CNCC(=O)ON1C(=O)CCC1=O.CON1C(=O)CC(C)C1=O.CON1C(=O)CCC1=O.CON1C(=O)c2ccccc2C1=O.COc1c(F)c(F)c(C)c(F)c1F.COc1ccc(C)cc1.COc1ccccc1[N+](=O)[O-]. The van der Waals surface area contributed by atoms with Crippen molar-refractivity contribution in [3.8, 4) is 17.2 Å². The lowest BCUT2D eigenvalue weighted by Crippen LogP contribution is -2.36. The summed E-state index contributed by atoms with van der Waals surface area (Å²) in [5.74, 6) is -11.3. The van der Waals surface area contributed by atoms with E-state index in [1.54, 1.807) is 77.5 Å². The third-order valence-electron chi connectivity index (χ3n) is 12.2. The maximum atomic E-state index is 12.8. The fraction of sp³-hybridized carbons (Fsp3) is 0.379. The van der Waals surface area contributed by atoms with Gasteiger partial charge in [-0.1, -0.05) is 55.8 Å². The van der Waals surface area contributed by atoms with Crippen LogP contribution in [-0.2, 0) is 72.1 Å². The first-order valence-electron chi connectivity index (χ1n) is 27.0. The monoisotopic (exact) mass is 1300 g/mol. The number of nitro groups is 1. The van der Waals surface area contributed by atoms with Crippen LogP contribution in [0.25, 0.3) is 0 Å². The van der Waals surface area contributed by atoms with Crippen LogP contribution in [0.1, 0.15) is 84.2 Å². The van der Waals surface area contributed by atoms with E-state index in [0.29, 0.717) is 21.3 Å². The molecule has 4 aromatic carbocycles. The van der Waals surface area contributed by atoms with Gasteiger partial charge in [0.25, 0.3) is 59.1 Å². The molecule has 34 heteroatoms. The van der Waals surface area contributed by atoms with Crippen molar-refractivity contribution in [1.29, 1.82) is 0 Å². The van der Waals surface area contributed by atoms with Crippen LogP contribution in [0.3, 0.4) is 0 Å². The summed E-state index contributed by atoms with van der Waals surface area (Å²) in [7, 11) is 11.0. The molecule has 0 spiro atoms. The molecule has 0 aromatic heterocycles. The maximum absolute atomic E-state index is 12.8. The van der Waals surface area contributed by atoms with E-state index in [-0.39, 0.29) is 92.6 Å². The Hall–Kier alpha value is -10.2. The lowest BCUT2D eigenvalue weighted by Gasteiger charge is -2.12. The van der Waals surface area contributed by atoms with E-state index in [1.165, 1.54) is 40.1 Å². The van der Waals surface area contributed by atoms with E-state index in [1.807, 2.05) is 24.3 Å². The molecular formula is C58H68F4N8O22. The average Bonchev–Trinajstić information content (AvgIpc) is 1.43. The highest BCUT2D eigenvalue weighted by Crippen LogP contribution is 2.29. The molecule has 9 rings (SSSR count). The number of hydrogen-bond acceptors (Lipinski definition) is 24. The summed E-state index contributed by atoms with van der Waals surface area (Å²) in [6, 6.07) is 20.8. The number of ether oxygens (including phenoxy) is 3. The van der Waals surface area contributed by atoms with E-state index >= 15 is 0 Å². The Morgan fingerprint density at radius 1 is 0.511 bits per heavy atom. The minimum absolute atomic E-state index is 0.00463. The molecule has 4 saturated heterocycles. The van der Waals surface area contributed by atoms with Gasteiger partial charge in [0.05, 0.1) is 71.8 Å². The van der Waals surface area contributed by atoms with Gasteiger partial charge in [-0.05, 0) is 58.3 Å². The van der Waals surface area contributed by atoms with Crippen molar-refractivity contribution in [3.63, 3.8) is 0 Å². The van der Waals surface area contributed by atoms with Gasteiger partial charge in [-0.3, -0.25) is 72.6 Å². The molecule has 500 valence electrons. The second kappa shape index (κ2) is 38.4. The van der Waals surface area contributed by atoms with E-state index in [0.717, 1.165) is 35.0 Å². The smallest absolute Gasteiger partial charge is 0.346 e. The Kier molecular flexibility index (Phi) is 32.5. The number of nitro benzene ring substituents is 1. The van der Waals surface area contributed by atoms with Crippen LogP contribution in [0, 0.1) is 59.1 Å². The highest BCUT2D eigenvalue weighted by Gasteiger charge is 2.40. The molecule has 0 radical (unpaired) electrons. The first-order chi connectivity index (χ1) is 43.5. The topological polar surface area (TPSA) is 362 Å². The van der Waals surface area contributed by atoms with E-state index < -0.39 is 92.8 Å². The number of para-hydroxylation sites is 2. The minimum Gasteiger partial charge on any atom is -0.497 e. The van der Waals surface area contributed by atoms with Crippen molar-refractivity contribution in [2.24, 2.45) is 11.8 Å². The summed E-state index contributed by atoms with van der Waals surface area (Å²) in [6.07, 6.45) is 1.18. The zero-order valence-electron chi connectivity index (χ0n) is 51.9. The molecule has 10 amide bonds. The molecular weight excluding hydrogens is 1240 g/mol. The van der Waals surface area contributed by atoms with Crippen molar-refractivity contribution in [2.45, 2.75) is 66.2 Å². The second-order valence-corrected chi connectivity index (χ2v) is 18.8. The van der Waals surface area contributed by atoms with Gasteiger partial charge in [-0.25, -0.2) is 18.4 Å². The lowest BCUT2D eigenvalue weighted by molar-refractivity contribution is -0.385. The van der Waals surface area contributed by atoms with Gasteiger partial charge >= 0.3 is 17.6 Å². The first kappa shape index (κ1) is 77.9. The number of rotatable bonds is 13. The minimum atomic E-state index is -1.51. The number of nitrogens with one attached hydrogen (secondary N) is 2. The number of likely N-dealkylation sites (N-methyl/N-ethyl adjacent to an activating group) is 2. The van der Waals surface area contributed by atoms with Crippen LogP contribution in [0.15, 0.2) is 72.8 Å². The van der Waals surface area contributed by atoms with Crippen molar-refractivity contribution < 1.29 is 118 Å². The number of carbonyl (C=O) groups excluding carboxylic acids is 12. The molecule has 92 heavy (non-hydrogen) atoms. The molecule has 0 bridgehead atoms. The van der Waals surface area contributed by atoms with Gasteiger partial charge < -0.3 is 34.5 Å². The normalized spacial score (nSPS) is 15.9. The van der Waals surface area contributed by atoms with Crippen LogP contribution < -0.4 is 24.8 Å². The second-order valence-electron chi connectivity index (χ2n) is 18.8. The Morgan fingerprint density at radius 2 is 0.902 bits per heavy atom. The number of imide groups is 5. The van der Waals surface area contributed by atoms with Crippen LogP contribution in [-0.4, -0.2) is 171 Å². The molecule has 2 unspecified atom stereocenters. The Morgan fingerprint density at radius 3 is 1.23 bits per heavy atom. The Labute approximate surface area is 523 Å². The van der Waals surface area contributed by atoms with Crippen molar-refractivity contribution in [2.75, 3.05) is 69.8 Å². The maximum Gasteiger partial charge on any atom is 0.346 e. The quantitative estimate of drug-likeness (QED) is 0.0610. The van der Waals surface area contributed by atoms with Gasteiger partial charge in [0, 0.05) is 62.0 Å². The molecule has 0 saturated carbocycles. The Bertz CT molecular complexity index is 3240. The molecule has 5 aliphatic rings. The van der Waals surface area contributed by atoms with Crippen LogP contribution in [0.2, 0.25) is 0 Å². The fourth-order valence-corrected chi connectivity index (χ4v) is 7.46. The summed E-state index contributed by atoms with van der Waals surface area (Å²) >= 11 is 0. The number of aryl methyl sites for hydroxylation is 1. The molecule has 2 atom stereocenters. The number of benzene rings is 4. The lowest BCUT2D eigenvalue weighted by atomic mass is 10.1. The molecule has 5 heterocycles. The zero-order valence-corrected chi connectivity index (χ0v) is 51.9. The standard InChI is InChI=1S/C9H7NO3.C8H6F4O.C8H12N2O4.C8H10O.C7H10N2O4.C7H7NO3.C6H9NO3.C5H7NO3/c1-13-10-8(11)6-4-2-3-5-7(6)9(10)12;1-3-4(9)6(11)8(13-2)7(12)5(3)10;1-5-3-6(11)10(8(5)13)14-7(12)4-9-2;1-7-3-5-8(9-2)6-4-7;1-8-4-7(12)13-9-5(10)2-3-6(9)11;1-11-7-5-3-2-4-6(7)8(9)10;1-4-3-5(8)7(10-2)6(4)9;1-9-6-4(7)2-3-5(6)8/h2-5H,1H3;1-2H3;5,9H,3-4H2,1-2H3;3-6H,1-2H3;8H,2-4H2,1H3;2-5H,1H3;4H,3H2,1-2H3;2-3H2,1H3. The molecule has 4 aromatic rings. The van der Waals surface area contributed by atoms with Crippen LogP contribution >= 0.6 is 0 Å². The summed E-state index contributed by atoms with van der Waals surface area (Å²) in [6.45, 7) is 6.25. The number of fused-ring (bicyclic) bond motifs is 1. The van der Waals surface area contributed by atoms with Gasteiger partial charge in [0.2, 0.25) is 11.6 Å². The van der Waals surface area contributed by atoms with Crippen LogP contribution in [0.5, 0.6) is 17.2 Å². The Balaban J connectivity index is 0.000000360. The summed E-state index contributed by atoms with van der Waals surface area (Å²) in [4.78, 5) is 164. The van der Waals surface area contributed by atoms with Gasteiger partial charge in [0.15, 0.2) is 23.1 Å². The largest absolute Gasteiger partial charge is 0.497 e. The molecule has 30 nitrogen and oxygen atoms in total. The van der Waals surface area contributed by atoms with Crippen molar-refractivity contribution >= 4 is 76.7 Å². The number of carbonyl (C=O) groups is 12. The van der Waals surface area contributed by atoms with E-state index in [9.17, 15) is 85.2 Å². The summed E-state index contributed by atoms with van der Waals surface area (Å²) in [5.41, 5.74) is 1.35. The number of hydrogen-bond donors (Lipinski definition) is 2. The first-order valence-corrected chi connectivity index (χ1v) is 27.0. The van der Waals surface area contributed by atoms with Crippen LogP contribution in [0.4, 0.5) is 23.2 Å². The third kappa shape index (κ3) is 22.1. The summed E-state index contributed by atoms with van der Waals surface area (Å²) < 4.78 is 65.0. The molecule has 4 fully saturated rings. The predicted molar refractivity (Wildman–Crippen MR) is 306 cm³/mol. The van der Waals surface area contributed by atoms with E-state index in [2.05, 4.69) is 46.5 Å². The average molecular weight is 1310 g/mol.